The van der Waals surface area contributed by atoms with E-state index in [1.54, 1.807) is 19.2 Å². The van der Waals surface area contributed by atoms with Crippen LogP contribution in [0.1, 0.15) is 11.6 Å². The van der Waals surface area contributed by atoms with Crippen LogP contribution < -0.4 is 4.74 Å². The molecular formula is C15H13F3N4O2S. The second-order valence-electron chi connectivity index (χ2n) is 5.03. The van der Waals surface area contributed by atoms with Crippen molar-refractivity contribution in [2.24, 2.45) is 7.05 Å². The molecule has 25 heavy (non-hydrogen) atoms. The third-order valence-electron chi connectivity index (χ3n) is 3.37. The molecular weight excluding hydrogens is 357 g/mol. The van der Waals surface area contributed by atoms with Crippen molar-refractivity contribution < 1.29 is 22.4 Å². The van der Waals surface area contributed by atoms with Crippen LogP contribution in [-0.4, -0.2) is 27.0 Å². The molecule has 132 valence electrons. The number of alkyl halides is 3. The van der Waals surface area contributed by atoms with E-state index in [-0.39, 0.29) is 10.9 Å². The molecule has 0 radical (unpaired) electrons. The first-order valence-electron chi connectivity index (χ1n) is 7.08. The lowest BCUT2D eigenvalue weighted by Gasteiger charge is -2.05. The van der Waals surface area contributed by atoms with E-state index in [0.29, 0.717) is 17.2 Å². The van der Waals surface area contributed by atoms with Crippen LogP contribution in [0.4, 0.5) is 13.2 Å². The maximum Gasteiger partial charge on any atom is 0.451 e. The van der Waals surface area contributed by atoms with E-state index in [4.69, 9.17) is 9.26 Å². The summed E-state index contributed by atoms with van der Waals surface area (Å²) in [6.07, 6.45) is -4.54. The average Bonchev–Trinajstić information content (AvgIpc) is 3.19. The molecule has 0 aliphatic rings. The molecule has 0 saturated heterocycles. The van der Waals surface area contributed by atoms with Gasteiger partial charge in [-0.05, 0) is 12.1 Å². The molecule has 0 amide bonds. The minimum absolute atomic E-state index is 0.141. The van der Waals surface area contributed by atoms with Gasteiger partial charge in [0.15, 0.2) is 5.16 Å². The Morgan fingerprint density at radius 2 is 2.00 bits per heavy atom. The number of para-hydroxylation sites is 1. The molecule has 0 atom stereocenters. The largest absolute Gasteiger partial charge is 0.496 e. The standard InChI is InChI=1S/C15H13F3N4O2S/c1-22-13(15(16,17)18)19-20-14(22)25-8-9-7-11(21-24-9)10-5-3-4-6-12(10)23-2/h3-7H,8H2,1-2H3. The molecule has 0 N–H and O–H groups in total. The summed E-state index contributed by atoms with van der Waals surface area (Å²) in [7, 11) is 2.83. The molecule has 2 aromatic heterocycles. The number of aromatic nitrogens is 4. The van der Waals surface area contributed by atoms with Crippen LogP contribution in [-0.2, 0) is 19.0 Å². The van der Waals surface area contributed by atoms with E-state index in [1.165, 1.54) is 7.05 Å². The number of methoxy groups -OCH3 is 1. The predicted molar refractivity (Wildman–Crippen MR) is 84.1 cm³/mol. The highest BCUT2D eigenvalue weighted by atomic mass is 32.2. The third kappa shape index (κ3) is 3.63. The fraction of sp³-hybridized carbons (Fsp3) is 0.267. The summed E-state index contributed by atoms with van der Waals surface area (Å²) in [5.74, 6) is 0.384. The Balaban J connectivity index is 1.74. The molecule has 10 heteroatoms. The van der Waals surface area contributed by atoms with E-state index < -0.39 is 12.0 Å². The van der Waals surface area contributed by atoms with E-state index in [9.17, 15) is 13.2 Å². The molecule has 3 rings (SSSR count). The van der Waals surface area contributed by atoms with E-state index in [0.717, 1.165) is 21.9 Å². The molecule has 0 unspecified atom stereocenters. The lowest BCUT2D eigenvalue weighted by atomic mass is 10.1. The van der Waals surface area contributed by atoms with Crippen LogP contribution in [0.25, 0.3) is 11.3 Å². The first-order chi connectivity index (χ1) is 11.9. The van der Waals surface area contributed by atoms with Gasteiger partial charge in [0.25, 0.3) is 0 Å². The maximum atomic E-state index is 12.7. The number of benzene rings is 1. The molecule has 0 aliphatic heterocycles. The van der Waals surface area contributed by atoms with E-state index >= 15 is 0 Å². The topological polar surface area (TPSA) is 66.0 Å². The van der Waals surface area contributed by atoms with Gasteiger partial charge in [0.05, 0.1) is 12.9 Å². The molecule has 2 heterocycles. The van der Waals surface area contributed by atoms with Crippen molar-refractivity contribution in [1.29, 1.82) is 0 Å². The van der Waals surface area contributed by atoms with Crippen LogP contribution >= 0.6 is 11.8 Å². The third-order valence-corrected chi connectivity index (χ3v) is 4.42. The van der Waals surface area contributed by atoms with Gasteiger partial charge in [-0.3, -0.25) is 0 Å². The number of hydrogen-bond donors (Lipinski definition) is 0. The fourth-order valence-corrected chi connectivity index (χ4v) is 2.97. The summed E-state index contributed by atoms with van der Waals surface area (Å²) >= 11 is 1.08. The lowest BCUT2D eigenvalue weighted by Crippen LogP contribution is -2.12. The van der Waals surface area contributed by atoms with Crippen LogP contribution in [0.2, 0.25) is 0 Å². The molecule has 1 aromatic carbocycles. The second kappa shape index (κ2) is 6.79. The van der Waals surface area contributed by atoms with E-state index in [1.807, 2.05) is 18.2 Å². The Hall–Kier alpha value is -2.49. The Labute approximate surface area is 145 Å². The number of ether oxygens (including phenoxy) is 1. The van der Waals surface area contributed by atoms with Crippen LogP contribution in [0, 0.1) is 0 Å². The molecule has 3 aromatic rings. The summed E-state index contributed by atoms with van der Waals surface area (Å²) in [6, 6.07) is 9.04. The van der Waals surface area contributed by atoms with Crippen molar-refractivity contribution in [3.8, 4) is 17.0 Å². The summed E-state index contributed by atoms with van der Waals surface area (Å²) < 4.78 is 49.6. The molecule has 0 saturated carbocycles. The molecule has 0 spiro atoms. The van der Waals surface area contributed by atoms with Crippen molar-refractivity contribution in [3.05, 3.63) is 41.9 Å². The number of halogens is 3. The summed E-state index contributed by atoms with van der Waals surface area (Å²) in [5, 5.41) is 10.9. The minimum Gasteiger partial charge on any atom is -0.496 e. The van der Waals surface area contributed by atoms with Gasteiger partial charge in [-0.1, -0.05) is 29.1 Å². The summed E-state index contributed by atoms with van der Waals surface area (Å²) in [5.41, 5.74) is 1.35. The monoisotopic (exact) mass is 370 g/mol. The molecule has 0 fully saturated rings. The number of nitrogens with zero attached hydrogens (tertiary/aromatic N) is 4. The summed E-state index contributed by atoms with van der Waals surface area (Å²) in [6.45, 7) is 0. The van der Waals surface area contributed by atoms with Crippen LogP contribution in [0.15, 0.2) is 40.0 Å². The van der Waals surface area contributed by atoms with Gasteiger partial charge < -0.3 is 13.8 Å². The van der Waals surface area contributed by atoms with Gasteiger partial charge in [-0.25, -0.2) is 0 Å². The Morgan fingerprint density at radius 1 is 1.24 bits per heavy atom. The number of thioether (sulfide) groups is 1. The average molecular weight is 370 g/mol. The normalized spacial score (nSPS) is 11.7. The zero-order valence-electron chi connectivity index (χ0n) is 13.2. The van der Waals surface area contributed by atoms with Crippen molar-refractivity contribution in [3.63, 3.8) is 0 Å². The van der Waals surface area contributed by atoms with Crippen molar-refractivity contribution >= 4 is 11.8 Å². The minimum atomic E-state index is -4.54. The second-order valence-corrected chi connectivity index (χ2v) is 5.97. The SMILES string of the molecule is COc1ccccc1-c1cc(CSc2nnc(C(F)(F)F)n2C)on1. The van der Waals surface area contributed by atoms with Gasteiger partial charge in [-0.2, -0.15) is 13.2 Å². The first-order valence-corrected chi connectivity index (χ1v) is 8.07. The van der Waals surface area contributed by atoms with Crippen molar-refractivity contribution in [1.82, 2.24) is 19.9 Å². The lowest BCUT2D eigenvalue weighted by molar-refractivity contribution is -0.147. The Morgan fingerprint density at radius 3 is 2.68 bits per heavy atom. The predicted octanol–water partition coefficient (Wildman–Crippen LogP) is 3.79. The van der Waals surface area contributed by atoms with Gasteiger partial charge in [0, 0.05) is 18.7 Å². The van der Waals surface area contributed by atoms with Gasteiger partial charge in [0.1, 0.15) is 17.2 Å². The Bertz CT molecular complexity index is 876. The maximum absolute atomic E-state index is 12.7. The smallest absolute Gasteiger partial charge is 0.451 e. The van der Waals surface area contributed by atoms with Crippen molar-refractivity contribution in [2.75, 3.05) is 7.11 Å². The van der Waals surface area contributed by atoms with Crippen molar-refractivity contribution in [2.45, 2.75) is 17.1 Å². The zero-order chi connectivity index (χ0) is 18.0. The van der Waals surface area contributed by atoms with Crippen LogP contribution in [0.5, 0.6) is 5.75 Å². The molecule has 6 nitrogen and oxygen atoms in total. The number of hydrogen-bond acceptors (Lipinski definition) is 6. The Kier molecular flexibility index (Phi) is 4.71. The molecule has 0 aliphatic carbocycles. The van der Waals surface area contributed by atoms with Gasteiger partial charge >= 0.3 is 6.18 Å². The molecule has 0 bridgehead atoms. The fourth-order valence-electron chi connectivity index (χ4n) is 2.19. The number of rotatable bonds is 5. The summed E-state index contributed by atoms with van der Waals surface area (Å²) in [4.78, 5) is 0. The highest BCUT2D eigenvalue weighted by molar-refractivity contribution is 7.98. The zero-order valence-corrected chi connectivity index (χ0v) is 14.1. The van der Waals surface area contributed by atoms with E-state index in [2.05, 4.69) is 15.4 Å². The van der Waals surface area contributed by atoms with Crippen LogP contribution in [0.3, 0.4) is 0 Å². The highest BCUT2D eigenvalue weighted by Gasteiger charge is 2.37. The quantitative estimate of drug-likeness (QED) is 0.637. The van der Waals surface area contributed by atoms with Gasteiger partial charge in [0.2, 0.25) is 5.82 Å². The highest BCUT2D eigenvalue weighted by Crippen LogP contribution is 2.32. The first kappa shape index (κ1) is 17.3. The van der Waals surface area contributed by atoms with Gasteiger partial charge in [-0.15, -0.1) is 10.2 Å².